The second kappa shape index (κ2) is 5.17. The first kappa shape index (κ1) is 11.3. The van der Waals surface area contributed by atoms with E-state index in [9.17, 15) is 0 Å². The summed E-state index contributed by atoms with van der Waals surface area (Å²) in [4.78, 5) is 0. The van der Waals surface area contributed by atoms with Crippen molar-refractivity contribution in [3.8, 4) is 0 Å². The minimum absolute atomic E-state index is 0.150. The standard InChI is InChI=1S/C11H19NO2/c1-4-12-9-11(2,3)14-8-10-6-5-7-13-10/h5-7,12H,4,8-9H2,1-3H3. The van der Waals surface area contributed by atoms with Gasteiger partial charge in [0.05, 0.1) is 11.9 Å². The Morgan fingerprint density at radius 1 is 1.50 bits per heavy atom. The molecule has 0 saturated heterocycles. The number of likely N-dealkylation sites (N-methyl/N-ethyl adjacent to an activating group) is 1. The van der Waals surface area contributed by atoms with Crippen molar-refractivity contribution in [1.29, 1.82) is 0 Å². The lowest BCUT2D eigenvalue weighted by molar-refractivity contribution is -0.0344. The summed E-state index contributed by atoms with van der Waals surface area (Å²) in [6, 6.07) is 3.79. The van der Waals surface area contributed by atoms with Crippen LogP contribution in [-0.4, -0.2) is 18.7 Å². The molecule has 1 aromatic heterocycles. The highest BCUT2D eigenvalue weighted by Crippen LogP contribution is 2.12. The molecular formula is C11H19NO2. The van der Waals surface area contributed by atoms with Crippen LogP contribution < -0.4 is 5.32 Å². The summed E-state index contributed by atoms with van der Waals surface area (Å²) in [5, 5.41) is 3.26. The van der Waals surface area contributed by atoms with Crippen LogP contribution in [0.4, 0.5) is 0 Å². The van der Waals surface area contributed by atoms with Crippen molar-refractivity contribution in [2.24, 2.45) is 0 Å². The summed E-state index contributed by atoms with van der Waals surface area (Å²) < 4.78 is 10.9. The maximum Gasteiger partial charge on any atom is 0.129 e. The summed E-state index contributed by atoms with van der Waals surface area (Å²) in [6.07, 6.45) is 1.66. The lowest BCUT2D eigenvalue weighted by atomic mass is 10.1. The van der Waals surface area contributed by atoms with Crippen molar-refractivity contribution in [1.82, 2.24) is 5.32 Å². The summed E-state index contributed by atoms with van der Waals surface area (Å²) in [6.45, 7) is 8.57. The fourth-order valence-electron chi connectivity index (χ4n) is 1.14. The Kier molecular flexibility index (Phi) is 4.17. The van der Waals surface area contributed by atoms with Gasteiger partial charge in [0, 0.05) is 6.54 Å². The molecule has 0 spiro atoms. The van der Waals surface area contributed by atoms with Gasteiger partial charge in [0.1, 0.15) is 12.4 Å². The fourth-order valence-corrected chi connectivity index (χ4v) is 1.14. The second-order valence-electron chi connectivity index (χ2n) is 3.91. The van der Waals surface area contributed by atoms with Crippen LogP contribution in [0.3, 0.4) is 0 Å². The van der Waals surface area contributed by atoms with Gasteiger partial charge >= 0.3 is 0 Å². The molecule has 0 aliphatic rings. The number of ether oxygens (including phenoxy) is 1. The first-order valence-electron chi connectivity index (χ1n) is 5.01. The Morgan fingerprint density at radius 2 is 2.29 bits per heavy atom. The summed E-state index contributed by atoms with van der Waals surface area (Å²) in [5.74, 6) is 0.870. The second-order valence-corrected chi connectivity index (χ2v) is 3.91. The maximum absolute atomic E-state index is 5.72. The van der Waals surface area contributed by atoms with Gasteiger partial charge in [-0.05, 0) is 32.5 Å². The van der Waals surface area contributed by atoms with E-state index in [-0.39, 0.29) is 5.60 Å². The topological polar surface area (TPSA) is 34.4 Å². The molecule has 0 unspecified atom stereocenters. The molecule has 1 aromatic rings. The van der Waals surface area contributed by atoms with Gasteiger partial charge in [-0.1, -0.05) is 6.92 Å². The van der Waals surface area contributed by atoms with E-state index < -0.39 is 0 Å². The van der Waals surface area contributed by atoms with Crippen LogP contribution in [-0.2, 0) is 11.3 Å². The average Bonchev–Trinajstić information content (AvgIpc) is 2.64. The van der Waals surface area contributed by atoms with Crippen molar-refractivity contribution >= 4 is 0 Å². The molecule has 14 heavy (non-hydrogen) atoms. The van der Waals surface area contributed by atoms with Gasteiger partial charge in [-0.2, -0.15) is 0 Å². The molecule has 0 radical (unpaired) electrons. The number of rotatable bonds is 6. The Labute approximate surface area is 85.4 Å². The predicted octanol–water partition coefficient (Wildman–Crippen LogP) is 2.18. The van der Waals surface area contributed by atoms with Crippen molar-refractivity contribution in [2.75, 3.05) is 13.1 Å². The molecule has 3 heteroatoms. The maximum atomic E-state index is 5.72. The highest BCUT2D eigenvalue weighted by molar-refractivity contribution is 4.96. The van der Waals surface area contributed by atoms with E-state index in [2.05, 4.69) is 26.1 Å². The molecule has 80 valence electrons. The van der Waals surface area contributed by atoms with Crippen LogP contribution in [0.25, 0.3) is 0 Å². The molecule has 0 aliphatic heterocycles. The highest BCUT2D eigenvalue weighted by Gasteiger charge is 2.17. The van der Waals surface area contributed by atoms with E-state index in [1.165, 1.54) is 0 Å². The van der Waals surface area contributed by atoms with Crippen LogP contribution in [0.2, 0.25) is 0 Å². The smallest absolute Gasteiger partial charge is 0.129 e. The van der Waals surface area contributed by atoms with Gasteiger partial charge in [-0.3, -0.25) is 0 Å². The zero-order chi connectivity index (χ0) is 10.4. The van der Waals surface area contributed by atoms with Crippen molar-refractivity contribution < 1.29 is 9.15 Å². The van der Waals surface area contributed by atoms with Crippen LogP contribution in [0.5, 0.6) is 0 Å². The Balaban J connectivity index is 2.28. The van der Waals surface area contributed by atoms with E-state index in [0.29, 0.717) is 6.61 Å². The molecule has 0 bridgehead atoms. The zero-order valence-corrected chi connectivity index (χ0v) is 9.17. The molecule has 0 amide bonds. The van der Waals surface area contributed by atoms with E-state index in [4.69, 9.17) is 9.15 Å². The van der Waals surface area contributed by atoms with Crippen LogP contribution in [0.15, 0.2) is 22.8 Å². The number of hydrogen-bond donors (Lipinski definition) is 1. The third-order valence-corrected chi connectivity index (χ3v) is 1.99. The van der Waals surface area contributed by atoms with Gasteiger partial charge in [-0.25, -0.2) is 0 Å². The van der Waals surface area contributed by atoms with Crippen LogP contribution in [0, 0.1) is 0 Å². The molecule has 0 atom stereocenters. The van der Waals surface area contributed by atoms with Crippen LogP contribution >= 0.6 is 0 Å². The van der Waals surface area contributed by atoms with Crippen molar-refractivity contribution in [3.63, 3.8) is 0 Å². The predicted molar refractivity (Wildman–Crippen MR) is 56.1 cm³/mol. The SMILES string of the molecule is CCNCC(C)(C)OCc1ccco1. The first-order chi connectivity index (χ1) is 6.64. The highest BCUT2D eigenvalue weighted by atomic mass is 16.5. The van der Waals surface area contributed by atoms with Gasteiger partial charge in [0.2, 0.25) is 0 Å². The van der Waals surface area contributed by atoms with E-state index in [1.807, 2.05) is 12.1 Å². The van der Waals surface area contributed by atoms with Crippen LogP contribution in [0.1, 0.15) is 26.5 Å². The third kappa shape index (κ3) is 3.94. The van der Waals surface area contributed by atoms with Gasteiger partial charge < -0.3 is 14.5 Å². The summed E-state index contributed by atoms with van der Waals surface area (Å²) in [7, 11) is 0. The summed E-state index contributed by atoms with van der Waals surface area (Å²) >= 11 is 0. The Hall–Kier alpha value is -0.800. The lowest BCUT2D eigenvalue weighted by Gasteiger charge is -2.24. The first-order valence-corrected chi connectivity index (χ1v) is 5.01. The quantitative estimate of drug-likeness (QED) is 0.759. The normalized spacial score (nSPS) is 11.9. The van der Waals surface area contributed by atoms with E-state index in [0.717, 1.165) is 18.8 Å². The summed E-state index contributed by atoms with van der Waals surface area (Å²) in [5.41, 5.74) is -0.150. The number of nitrogens with one attached hydrogen (secondary N) is 1. The molecule has 0 fully saturated rings. The largest absolute Gasteiger partial charge is 0.467 e. The molecule has 1 N–H and O–H groups in total. The minimum atomic E-state index is -0.150. The van der Waals surface area contributed by atoms with E-state index in [1.54, 1.807) is 6.26 Å². The number of furan rings is 1. The monoisotopic (exact) mass is 197 g/mol. The molecule has 1 rings (SSSR count). The Bertz CT molecular complexity index is 242. The average molecular weight is 197 g/mol. The molecule has 0 aromatic carbocycles. The molecule has 1 heterocycles. The molecule has 0 saturated carbocycles. The molecular weight excluding hydrogens is 178 g/mol. The Morgan fingerprint density at radius 3 is 2.86 bits per heavy atom. The van der Waals surface area contributed by atoms with Gasteiger partial charge in [0.25, 0.3) is 0 Å². The molecule has 3 nitrogen and oxygen atoms in total. The minimum Gasteiger partial charge on any atom is -0.467 e. The lowest BCUT2D eigenvalue weighted by Crippen LogP contribution is -2.37. The fraction of sp³-hybridized carbons (Fsp3) is 0.636. The number of hydrogen-bond acceptors (Lipinski definition) is 3. The third-order valence-electron chi connectivity index (χ3n) is 1.99. The van der Waals surface area contributed by atoms with Crippen molar-refractivity contribution in [2.45, 2.75) is 33.0 Å². The molecule has 0 aliphatic carbocycles. The van der Waals surface area contributed by atoms with Gasteiger partial charge in [0.15, 0.2) is 0 Å². The van der Waals surface area contributed by atoms with Gasteiger partial charge in [-0.15, -0.1) is 0 Å². The zero-order valence-electron chi connectivity index (χ0n) is 9.17. The van der Waals surface area contributed by atoms with Crippen molar-refractivity contribution in [3.05, 3.63) is 24.2 Å². The van der Waals surface area contributed by atoms with E-state index >= 15 is 0 Å².